The lowest BCUT2D eigenvalue weighted by atomic mass is 9.66. The minimum atomic E-state index is -0.493. The SMILES string of the molecule is CC1CCCC(CN)(C(O)c2cnn(C(C)C)c2)C1. The van der Waals surface area contributed by atoms with E-state index in [-0.39, 0.29) is 5.41 Å². The Balaban J connectivity index is 2.21. The van der Waals surface area contributed by atoms with Crippen molar-refractivity contribution in [1.82, 2.24) is 9.78 Å². The van der Waals surface area contributed by atoms with Gasteiger partial charge in [0.15, 0.2) is 0 Å². The number of hydrogen-bond donors (Lipinski definition) is 2. The molecule has 1 aromatic rings. The molecular weight excluding hydrogens is 238 g/mol. The van der Waals surface area contributed by atoms with E-state index in [9.17, 15) is 5.11 Å². The fourth-order valence-electron chi connectivity index (χ4n) is 3.38. The van der Waals surface area contributed by atoms with Crippen LogP contribution in [-0.4, -0.2) is 21.4 Å². The summed E-state index contributed by atoms with van der Waals surface area (Å²) in [5.41, 5.74) is 6.76. The third-order valence-corrected chi connectivity index (χ3v) is 4.58. The van der Waals surface area contributed by atoms with Gasteiger partial charge in [-0.3, -0.25) is 4.68 Å². The average molecular weight is 265 g/mol. The van der Waals surface area contributed by atoms with Crippen LogP contribution < -0.4 is 5.73 Å². The third kappa shape index (κ3) is 2.84. The molecule has 1 aromatic heterocycles. The van der Waals surface area contributed by atoms with E-state index in [0.717, 1.165) is 24.8 Å². The Bertz CT molecular complexity index is 415. The van der Waals surface area contributed by atoms with E-state index in [2.05, 4.69) is 25.9 Å². The van der Waals surface area contributed by atoms with Crippen molar-refractivity contribution in [3.63, 3.8) is 0 Å². The van der Waals surface area contributed by atoms with Crippen LogP contribution in [0.2, 0.25) is 0 Å². The molecule has 0 radical (unpaired) electrons. The van der Waals surface area contributed by atoms with Crippen LogP contribution in [0.5, 0.6) is 0 Å². The highest BCUT2D eigenvalue weighted by Crippen LogP contribution is 2.47. The summed E-state index contributed by atoms with van der Waals surface area (Å²) in [4.78, 5) is 0. The predicted molar refractivity (Wildman–Crippen MR) is 76.7 cm³/mol. The highest BCUT2D eigenvalue weighted by molar-refractivity contribution is 5.14. The van der Waals surface area contributed by atoms with E-state index in [0.29, 0.717) is 18.5 Å². The standard InChI is InChI=1S/C15H27N3O/c1-11(2)18-9-13(8-17-18)14(19)15(10-16)6-4-5-12(3)7-15/h8-9,11-12,14,19H,4-7,10,16H2,1-3H3. The summed E-state index contributed by atoms with van der Waals surface area (Å²) in [5, 5.41) is 15.1. The molecule has 3 N–H and O–H groups in total. The Morgan fingerprint density at radius 1 is 1.58 bits per heavy atom. The molecule has 108 valence electrons. The molecule has 3 unspecified atom stereocenters. The second kappa shape index (κ2) is 5.63. The Kier molecular flexibility index (Phi) is 4.31. The first-order valence-corrected chi connectivity index (χ1v) is 7.40. The van der Waals surface area contributed by atoms with Crippen molar-refractivity contribution in [1.29, 1.82) is 0 Å². The second-order valence-corrected chi connectivity index (χ2v) is 6.52. The van der Waals surface area contributed by atoms with Gasteiger partial charge in [0.2, 0.25) is 0 Å². The average Bonchev–Trinajstić information content (AvgIpc) is 2.87. The molecule has 2 rings (SSSR count). The summed E-state index contributed by atoms with van der Waals surface area (Å²) in [5.74, 6) is 0.645. The van der Waals surface area contributed by atoms with Crippen LogP contribution in [0.25, 0.3) is 0 Å². The number of aromatic nitrogens is 2. The van der Waals surface area contributed by atoms with Crippen LogP contribution in [0.4, 0.5) is 0 Å². The van der Waals surface area contributed by atoms with E-state index in [1.54, 1.807) is 6.20 Å². The lowest BCUT2D eigenvalue weighted by Gasteiger charge is -2.42. The molecule has 0 spiro atoms. The van der Waals surface area contributed by atoms with Gasteiger partial charge in [0, 0.05) is 29.8 Å². The molecule has 3 atom stereocenters. The smallest absolute Gasteiger partial charge is 0.0888 e. The van der Waals surface area contributed by atoms with Crippen LogP contribution in [0.15, 0.2) is 12.4 Å². The highest BCUT2D eigenvalue weighted by Gasteiger charge is 2.41. The number of nitrogens with zero attached hydrogens (tertiary/aromatic N) is 2. The van der Waals surface area contributed by atoms with E-state index >= 15 is 0 Å². The number of rotatable bonds is 4. The first-order chi connectivity index (χ1) is 8.98. The van der Waals surface area contributed by atoms with Crippen molar-refractivity contribution in [3.8, 4) is 0 Å². The fraction of sp³-hybridized carbons (Fsp3) is 0.800. The highest BCUT2D eigenvalue weighted by atomic mass is 16.3. The molecule has 1 saturated carbocycles. The van der Waals surface area contributed by atoms with E-state index in [1.165, 1.54) is 6.42 Å². The van der Waals surface area contributed by atoms with Gasteiger partial charge in [-0.05, 0) is 32.6 Å². The van der Waals surface area contributed by atoms with E-state index in [1.807, 2.05) is 10.9 Å². The fourth-order valence-corrected chi connectivity index (χ4v) is 3.38. The van der Waals surface area contributed by atoms with Crippen molar-refractivity contribution < 1.29 is 5.11 Å². The largest absolute Gasteiger partial charge is 0.388 e. The maximum atomic E-state index is 10.8. The first-order valence-electron chi connectivity index (χ1n) is 7.40. The van der Waals surface area contributed by atoms with Gasteiger partial charge in [0.25, 0.3) is 0 Å². The van der Waals surface area contributed by atoms with Gasteiger partial charge >= 0.3 is 0 Å². The Morgan fingerprint density at radius 2 is 2.32 bits per heavy atom. The van der Waals surface area contributed by atoms with Gasteiger partial charge in [-0.2, -0.15) is 5.10 Å². The zero-order valence-corrected chi connectivity index (χ0v) is 12.3. The van der Waals surface area contributed by atoms with Crippen molar-refractivity contribution in [3.05, 3.63) is 18.0 Å². The summed E-state index contributed by atoms with van der Waals surface area (Å²) in [6.07, 6.45) is 7.70. The summed E-state index contributed by atoms with van der Waals surface area (Å²) in [7, 11) is 0. The van der Waals surface area contributed by atoms with Crippen LogP contribution in [0.3, 0.4) is 0 Å². The summed E-state index contributed by atoms with van der Waals surface area (Å²) >= 11 is 0. The number of aliphatic hydroxyl groups is 1. The van der Waals surface area contributed by atoms with Crippen molar-refractivity contribution >= 4 is 0 Å². The monoisotopic (exact) mass is 265 g/mol. The molecule has 1 heterocycles. The molecule has 19 heavy (non-hydrogen) atoms. The molecule has 4 nitrogen and oxygen atoms in total. The van der Waals surface area contributed by atoms with Gasteiger partial charge in [-0.1, -0.05) is 19.8 Å². The normalized spacial score (nSPS) is 29.7. The molecule has 0 bridgehead atoms. The Morgan fingerprint density at radius 3 is 2.84 bits per heavy atom. The molecule has 0 saturated heterocycles. The summed E-state index contributed by atoms with van der Waals surface area (Å²) in [6.45, 7) is 6.98. The van der Waals surface area contributed by atoms with Crippen molar-refractivity contribution in [2.75, 3.05) is 6.54 Å². The topological polar surface area (TPSA) is 64.1 Å². The first kappa shape index (κ1) is 14.5. The lowest BCUT2D eigenvalue weighted by molar-refractivity contribution is -0.0131. The molecule has 4 heteroatoms. The number of aliphatic hydroxyl groups excluding tert-OH is 1. The van der Waals surface area contributed by atoms with Crippen molar-refractivity contribution in [2.45, 2.75) is 58.6 Å². The van der Waals surface area contributed by atoms with Crippen LogP contribution in [0.1, 0.15) is 64.2 Å². The lowest BCUT2D eigenvalue weighted by Crippen LogP contribution is -2.40. The summed E-state index contributed by atoms with van der Waals surface area (Å²) in [6, 6.07) is 0.319. The Hall–Kier alpha value is -0.870. The zero-order valence-electron chi connectivity index (χ0n) is 12.3. The zero-order chi connectivity index (χ0) is 14.0. The van der Waals surface area contributed by atoms with Gasteiger partial charge in [0.05, 0.1) is 12.3 Å². The maximum absolute atomic E-state index is 10.8. The summed E-state index contributed by atoms with van der Waals surface area (Å²) < 4.78 is 1.90. The number of hydrogen-bond acceptors (Lipinski definition) is 3. The third-order valence-electron chi connectivity index (χ3n) is 4.58. The molecular formula is C15H27N3O. The van der Waals surface area contributed by atoms with Crippen LogP contribution in [-0.2, 0) is 0 Å². The predicted octanol–water partition coefficient (Wildman–Crippen LogP) is 2.65. The number of nitrogens with two attached hydrogens (primary N) is 1. The molecule has 1 fully saturated rings. The minimum absolute atomic E-state index is 0.164. The molecule has 0 aliphatic heterocycles. The van der Waals surface area contributed by atoms with E-state index < -0.39 is 6.10 Å². The molecule has 1 aliphatic carbocycles. The molecule has 1 aliphatic rings. The van der Waals surface area contributed by atoms with E-state index in [4.69, 9.17) is 5.73 Å². The van der Waals surface area contributed by atoms with Crippen LogP contribution >= 0.6 is 0 Å². The molecule has 0 amide bonds. The Labute approximate surface area is 116 Å². The van der Waals surface area contributed by atoms with Crippen LogP contribution in [0, 0.1) is 11.3 Å². The molecule has 0 aromatic carbocycles. The quantitative estimate of drug-likeness (QED) is 0.879. The van der Waals surface area contributed by atoms with Gasteiger partial charge in [-0.15, -0.1) is 0 Å². The van der Waals surface area contributed by atoms with Gasteiger partial charge < -0.3 is 10.8 Å². The maximum Gasteiger partial charge on any atom is 0.0888 e. The van der Waals surface area contributed by atoms with Crippen molar-refractivity contribution in [2.24, 2.45) is 17.1 Å². The van der Waals surface area contributed by atoms with Gasteiger partial charge in [-0.25, -0.2) is 0 Å². The minimum Gasteiger partial charge on any atom is -0.388 e. The van der Waals surface area contributed by atoms with Gasteiger partial charge in [0.1, 0.15) is 0 Å². The second-order valence-electron chi connectivity index (χ2n) is 6.52.